The topological polar surface area (TPSA) is 99.7 Å². The van der Waals surface area contributed by atoms with E-state index in [-0.39, 0.29) is 27.7 Å². The largest absolute Gasteiger partial charge is 0.335 e. The number of amides is 2. The highest BCUT2D eigenvalue weighted by Gasteiger charge is 2.49. The Bertz CT molecular complexity index is 1200. The average molecular weight is 503 g/mol. The number of fused-ring (bicyclic) bond motifs is 2. The smallest absolute Gasteiger partial charge is 0.244 e. The summed E-state index contributed by atoms with van der Waals surface area (Å²) in [5.74, 6) is -0.780. The molecule has 2 saturated heterocycles. The van der Waals surface area contributed by atoms with E-state index < -0.39 is 22.1 Å². The molecule has 2 amide bonds. The molecule has 3 atom stereocenters. The number of carbonyl (C=O) groups is 2. The zero-order chi connectivity index (χ0) is 24.5. The number of benzene rings is 1. The van der Waals surface area contributed by atoms with Gasteiger partial charge in [0.15, 0.2) is 0 Å². The maximum absolute atomic E-state index is 13.9. The number of piperidine rings is 1. The molecule has 2 aliphatic rings. The van der Waals surface area contributed by atoms with Crippen LogP contribution >= 0.6 is 11.6 Å². The van der Waals surface area contributed by atoms with Gasteiger partial charge in [0.1, 0.15) is 6.04 Å². The Balaban J connectivity index is 1.72. The van der Waals surface area contributed by atoms with E-state index in [9.17, 15) is 18.0 Å². The minimum atomic E-state index is -4.06. The maximum atomic E-state index is 13.9. The summed E-state index contributed by atoms with van der Waals surface area (Å²) in [5.41, 5.74) is 1.07. The summed E-state index contributed by atoms with van der Waals surface area (Å²) in [7, 11) is -4.06. The third-order valence-electron chi connectivity index (χ3n) is 6.34. The molecule has 2 bridgehead atoms. The van der Waals surface area contributed by atoms with Crippen LogP contribution in [0.3, 0.4) is 0 Å². The van der Waals surface area contributed by atoms with Crippen molar-refractivity contribution in [2.45, 2.75) is 49.7 Å². The quantitative estimate of drug-likeness (QED) is 0.610. The third-order valence-corrected chi connectivity index (χ3v) is 8.58. The zero-order valence-electron chi connectivity index (χ0n) is 18.9. The Morgan fingerprint density at radius 3 is 2.74 bits per heavy atom. The normalized spacial score (nSPS) is 23.3. The lowest BCUT2D eigenvalue weighted by atomic mass is 9.90. The molecule has 3 heterocycles. The molecule has 10 heteroatoms. The van der Waals surface area contributed by atoms with Gasteiger partial charge in [0, 0.05) is 31.6 Å². The van der Waals surface area contributed by atoms with E-state index in [2.05, 4.69) is 16.9 Å². The number of anilines is 1. The second-order valence-corrected chi connectivity index (χ2v) is 10.9. The van der Waals surface area contributed by atoms with Crippen LogP contribution in [0, 0.1) is 5.92 Å². The van der Waals surface area contributed by atoms with Crippen molar-refractivity contribution < 1.29 is 18.0 Å². The highest BCUT2D eigenvalue weighted by molar-refractivity contribution is 7.89. The fraction of sp³-hybridized carbons (Fsp3) is 0.375. The van der Waals surface area contributed by atoms with E-state index >= 15 is 0 Å². The van der Waals surface area contributed by atoms with E-state index in [0.29, 0.717) is 31.6 Å². The molecule has 0 aliphatic carbocycles. The van der Waals surface area contributed by atoms with Gasteiger partial charge in [0.2, 0.25) is 21.8 Å². The van der Waals surface area contributed by atoms with Crippen molar-refractivity contribution in [2.75, 3.05) is 11.9 Å². The van der Waals surface area contributed by atoms with E-state index in [1.807, 2.05) is 18.2 Å². The van der Waals surface area contributed by atoms with Crippen molar-refractivity contribution >= 4 is 39.1 Å². The van der Waals surface area contributed by atoms with Crippen LogP contribution in [0.5, 0.6) is 0 Å². The lowest BCUT2D eigenvalue weighted by Crippen LogP contribution is -2.54. The Morgan fingerprint density at radius 2 is 2.09 bits per heavy atom. The Hall–Kier alpha value is -2.75. The summed E-state index contributed by atoms with van der Waals surface area (Å²) in [6, 6.07) is 8.50. The second kappa shape index (κ2) is 9.85. The van der Waals surface area contributed by atoms with E-state index in [1.165, 1.54) is 29.4 Å². The predicted molar refractivity (Wildman–Crippen MR) is 130 cm³/mol. The Kier molecular flexibility index (Phi) is 7.06. The van der Waals surface area contributed by atoms with E-state index in [4.69, 9.17) is 11.6 Å². The fourth-order valence-corrected chi connectivity index (χ4v) is 6.99. The molecule has 0 spiro atoms. The lowest BCUT2D eigenvalue weighted by molar-refractivity contribution is -0.135. The molecular weight excluding hydrogens is 476 g/mol. The maximum Gasteiger partial charge on any atom is 0.244 e. The van der Waals surface area contributed by atoms with Crippen LogP contribution in [0.25, 0.3) is 0 Å². The fourth-order valence-electron chi connectivity index (χ4n) is 4.79. The number of hydrogen-bond acceptors (Lipinski definition) is 5. The van der Waals surface area contributed by atoms with Crippen LogP contribution < -0.4 is 5.32 Å². The summed E-state index contributed by atoms with van der Waals surface area (Å²) in [6.07, 6.45) is 5.24. The highest BCUT2D eigenvalue weighted by atomic mass is 35.5. The van der Waals surface area contributed by atoms with Crippen LogP contribution in [0.4, 0.5) is 5.69 Å². The number of aromatic nitrogens is 1. The molecule has 4 rings (SSSR count). The van der Waals surface area contributed by atoms with Crippen molar-refractivity contribution in [2.24, 2.45) is 5.92 Å². The molecule has 2 aromatic rings. The monoisotopic (exact) mass is 502 g/mol. The first-order valence-electron chi connectivity index (χ1n) is 11.1. The third kappa shape index (κ3) is 4.73. The average Bonchev–Trinajstić information content (AvgIpc) is 2.88. The van der Waals surface area contributed by atoms with E-state index in [1.54, 1.807) is 17.2 Å². The van der Waals surface area contributed by atoms with Gasteiger partial charge in [-0.25, -0.2) is 8.42 Å². The summed E-state index contributed by atoms with van der Waals surface area (Å²) in [6.45, 7) is 5.96. The minimum Gasteiger partial charge on any atom is -0.335 e. The molecule has 34 heavy (non-hydrogen) atoms. The molecule has 2 unspecified atom stereocenters. The first-order chi connectivity index (χ1) is 16.2. The molecule has 1 N–H and O–H groups in total. The molecular formula is C24H27ClN4O4S. The number of hydrogen-bond donors (Lipinski definition) is 1. The van der Waals surface area contributed by atoms with Gasteiger partial charge < -0.3 is 10.2 Å². The summed E-state index contributed by atoms with van der Waals surface area (Å²) >= 11 is 6.27. The van der Waals surface area contributed by atoms with Crippen LogP contribution in [0.2, 0.25) is 5.02 Å². The van der Waals surface area contributed by atoms with Crippen molar-refractivity contribution in [3.8, 4) is 0 Å². The standard InChI is InChI=1S/C24H27ClN4O4S/c1-3-17-14-28(15-18-7-4-5-12-26-18)24(31)23-9-6-8-22(17)29(23)34(32,33)19-10-11-21(20(25)13-19)27-16(2)30/h3-5,7,10-13,17,22-23H,1,6,8-9,14-15H2,2H3,(H,27,30)/t17-,22?,23?/m0/s1. The summed E-state index contributed by atoms with van der Waals surface area (Å²) < 4.78 is 29.1. The number of halogens is 1. The van der Waals surface area contributed by atoms with Gasteiger partial charge in [0.25, 0.3) is 0 Å². The van der Waals surface area contributed by atoms with Gasteiger partial charge in [0.05, 0.1) is 27.8 Å². The van der Waals surface area contributed by atoms with Crippen molar-refractivity contribution in [3.05, 3.63) is 66.0 Å². The minimum absolute atomic E-state index is 0.0164. The van der Waals surface area contributed by atoms with Crippen LogP contribution in [0.15, 0.2) is 60.1 Å². The van der Waals surface area contributed by atoms with Crippen molar-refractivity contribution in [3.63, 3.8) is 0 Å². The van der Waals surface area contributed by atoms with Gasteiger partial charge in [-0.05, 0) is 49.6 Å². The number of carbonyl (C=O) groups excluding carboxylic acids is 2. The van der Waals surface area contributed by atoms with Crippen LogP contribution in [0.1, 0.15) is 31.9 Å². The second-order valence-electron chi connectivity index (χ2n) is 8.61. The SMILES string of the molecule is C=C[C@H]1CN(Cc2ccccn2)C(=O)C2CCCC1N2S(=O)(=O)c1ccc(NC(C)=O)c(Cl)c1. The van der Waals surface area contributed by atoms with Crippen molar-refractivity contribution in [1.82, 2.24) is 14.2 Å². The Morgan fingerprint density at radius 1 is 1.29 bits per heavy atom. The van der Waals surface area contributed by atoms with Gasteiger partial charge in [-0.15, -0.1) is 6.58 Å². The molecule has 2 aliphatic heterocycles. The number of sulfonamides is 1. The first kappa shape index (κ1) is 24.4. The number of pyridine rings is 1. The first-order valence-corrected chi connectivity index (χ1v) is 13.0. The van der Waals surface area contributed by atoms with Gasteiger partial charge >= 0.3 is 0 Å². The lowest BCUT2D eigenvalue weighted by Gasteiger charge is -2.40. The van der Waals surface area contributed by atoms with Crippen molar-refractivity contribution in [1.29, 1.82) is 0 Å². The van der Waals surface area contributed by atoms with Gasteiger partial charge in [-0.3, -0.25) is 14.6 Å². The van der Waals surface area contributed by atoms with Crippen LogP contribution in [-0.2, 0) is 26.2 Å². The summed E-state index contributed by atoms with van der Waals surface area (Å²) in [5, 5.41) is 2.68. The molecule has 0 saturated carbocycles. The summed E-state index contributed by atoms with van der Waals surface area (Å²) in [4.78, 5) is 31.0. The van der Waals surface area contributed by atoms with E-state index in [0.717, 1.165) is 12.1 Å². The Labute approximate surface area is 204 Å². The molecule has 2 fully saturated rings. The zero-order valence-corrected chi connectivity index (χ0v) is 20.4. The number of nitrogens with zero attached hydrogens (tertiary/aromatic N) is 3. The van der Waals surface area contributed by atoms with Gasteiger partial charge in [-0.2, -0.15) is 4.31 Å². The molecule has 1 aromatic heterocycles. The molecule has 0 radical (unpaired) electrons. The molecule has 1 aromatic carbocycles. The number of rotatable bonds is 6. The van der Waals surface area contributed by atoms with Crippen LogP contribution in [-0.4, -0.2) is 53.0 Å². The molecule has 8 nitrogen and oxygen atoms in total. The van der Waals surface area contributed by atoms with Gasteiger partial charge in [-0.1, -0.05) is 23.7 Å². The molecule has 180 valence electrons. The number of nitrogens with one attached hydrogen (secondary N) is 1. The predicted octanol–water partition coefficient (Wildman–Crippen LogP) is 3.45. The highest BCUT2D eigenvalue weighted by Crippen LogP contribution is 2.38.